The summed E-state index contributed by atoms with van der Waals surface area (Å²) in [6.07, 6.45) is 13.0. The highest BCUT2D eigenvalue weighted by Gasteiger charge is 2.33. The van der Waals surface area contributed by atoms with Crippen molar-refractivity contribution in [3.05, 3.63) is 12.2 Å². The fraction of sp³-hybridized carbons (Fsp3) is 0.789. The van der Waals surface area contributed by atoms with Gasteiger partial charge in [0.15, 0.2) is 0 Å². The third-order valence-electron chi connectivity index (χ3n) is 4.55. The number of carbonyl (C=O) groups is 2. The van der Waals surface area contributed by atoms with E-state index in [1.54, 1.807) is 0 Å². The van der Waals surface area contributed by atoms with E-state index >= 15 is 0 Å². The van der Waals surface area contributed by atoms with Crippen LogP contribution in [0.5, 0.6) is 0 Å². The number of amides is 1. The van der Waals surface area contributed by atoms with E-state index in [9.17, 15) is 14.7 Å². The zero-order valence-electron chi connectivity index (χ0n) is 15.0. The van der Waals surface area contributed by atoms with Crippen LogP contribution in [0.15, 0.2) is 12.2 Å². The van der Waals surface area contributed by atoms with Gasteiger partial charge in [-0.15, -0.1) is 0 Å². The van der Waals surface area contributed by atoms with Crippen LogP contribution >= 0.6 is 0 Å². The van der Waals surface area contributed by atoms with E-state index in [-0.39, 0.29) is 18.4 Å². The van der Waals surface area contributed by atoms with Crippen LogP contribution in [0.4, 0.5) is 0 Å². The van der Waals surface area contributed by atoms with Gasteiger partial charge in [0.25, 0.3) is 0 Å². The van der Waals surface area contributed by atoms with Gasteiger partial charge in [0.05, 0.1) is 18.6 Å². The first kappa shape index (κ1) is 20.7. The Bertz CT molecular complexity index is 408. The van der Waals surface area contributed by atoms with Crippen LogP contribution in [0.25, 0.3) is 0 Å². The highest BCUT2D eigenvalue weighted by atomic mass is 16.4. The number of hydrogen-bond donors (Lipinski definition) is 2. The molecule has 0 bridgehead atoms. The van der Waals surface area contributed by atoms with E-state index < -0.39 is 12.1 Å². The molecule has 0 aromatic carbocycles. The number of nitrogens with zero attached hydrogens (tertiary/aromatic N) is 1. The molecule has 0 aromatic rings. The maximum atomic E-state index is 11.7. The summed E-state index contributed by atoms with van der Waals surface area (Å²) in [6.45, 7) is 2.90. The van der Waals surface area contributed by atoms with E-state index in [4.69, 9.17) is 5.11 Å². The van der Waals surface area contributed by atoms with E-state index in [2.05, 4.69) is 6.92 Å². The minimum atomic E-state index is -0.744. The second kappa shape index (κ2) is 12.1. The molecule has 0 saturated carbocycles. The van der Waals surface area contributed by atoms with Gasteiger partial charge in [-0.25, -0.2) is 0 Å². The lowest BCUT2D eigenvalue weighted by atomic mass is 9.99. The molecule has 2 atom stereocenters. The Kier molecular flexibility index (Phi) is 10.4. The van der Waals surface area contributed by atoms with Crippen molar-refractivity contribution in [3.8, 4) is 0 Å². The molecule has 0 spiro atoms. The minimum absolute atomic E-state index is 0.127. The number of hydrogen-bond acceptors (Lipinski definition) is 3. The quantitative estimate of drug-likeness (QED) is 0.288. The summed E-state index contributed by atoms with van der Waals surface area (Å²) < 4.78 is 0. The Balaban J connectivity index is 2.15. The lowest BCUT2D eigenvalue weighted by Crippen LogP contribution is -2.51. The second-order valence-electron chi connectivity index (χ2n) is 6.72. The summed E-state index contributed by atoms with van der Waals surface area (Å²) in [7, 11) is 0. The molecule has 1 fully saturated rings. The summed E-state index contributed by atoms with van der Waals surface area (Å²) >= 11 is 0. The third kappa shape index (κ3) is 8.48. The van der Waals surface area contributed by atoms with Crippen molar-refractivity contribution in [2.45, 2.75) is 89.7 Å². The lowest BCUT2D eigenvalue weighted by molar-refractivity contribution is -0.143. The van der Waals surface area contributed by atoms with Gasteiger partial charge in [-0.1, -0.05) is 57.6 Å². The largest absolute Gasteiger partial charge is 0.481 e. The summed E-state index contributed by atoms with van der Waals surface area (Å²) in [5, 5.41) is 18.5. The van der Waals surface area contributed by atoms with Crippen molar-refractivity contribution in [2.75, 3.05) is 6.54 Å². The number of carbonyl (C=O) groups excluding carboxylic acids is 1. The van der Waals surface area contributed by atoms with Gasteiger partial charge in [0.2, 0.25) is 5.91 Å². The van der Waals surface area contributed by atoms with Crippen LogP contribution in [0.1, 0.15) is 77.6 Å². The first-order chi connectivity index (χ1) is 11.5. The van der Waals surface area contributed by atoms with Crippen LogP contribution in [-0.2, 0) is 9.59 Å². The van der Waals surface area contributed by atoms with Crippen molar-refractivity contribution in [2.24, 2.45) is 0 Å². The van der Waals surface area contributed by atoms with Crippen LogP contribution in [0.3, 0.4) is 0 Å². The summed E-state index contributed by atoms with van der Waals surface area (Å²) in [5.41, 5.74) is 0. The molecule has 138 valence electrons. The average Bonchev–Trinajstić information content (AvgIpc) is 2.54. The van der Waals surface area contributed by atoms with E-state index in [0.717, 1.165) is 45.1 Å². The summed E-state index contributed by atoms with van der Waals surface area (Å²) in [5.74, 6) is -0.570. The molecule has 2 N–H and O–H groups in total. The highest BCUT2D eigenvalue weighted by Crippen LogP contribution is 2.22. The summed E-state index contributed by atoms with van der Waals surface area (Å²) in [4.78, 5) is 24.0. The molecule has 1 aliphatic rings. The van der Waals surface area contributed by atoms with Crippen molar-refractivity contribution >= 4 is 11.9 Å². The topological polar surface area (TPSA) is 77.8 Å². The van der Waals surface area contributed by atoms with Crippen LogP contribution in [-0.4, -0.2) is 45.7 Å². The maximum Gasteiger partial charge on any atom is 0.303 e. The predicted octanol–water partition coefficient (Wildman–Crippen LogP) is 3.51. The zero-order chi connectivity index (χ0) is 17.8. The smallest absolute Gasteiger partial charge is 0.303 e. The number of unbranched alkanes of at least 4 members (excludes halogenated alkanes) is 6. The zero-order valence-corrected chi connectivity index (χ0v) is 15.0. The molecule has 1 heterocycles. The van der Waals surface area contributed by atoms with Crippen LogP contribution < -0.4 is 0 Å². The number of carboxylic acids is 1. The molecular formula is C19H33NO4. The van der Waals surface area contributed by atoms with Crippen molar-refractivity contribution in [1.29, 1.82) is 0 Å². The highest BCUT2D eigenvalue weighted by molar-refractivity contribution is 5.83. The average molecular weight is 339 g/mol. The molecule has 1 amide bonds. The monoisotopic (exact) mass is 339 g/mol. The number of carboxylic acid groups (broad SMARTS) is 1. The molecule has 0 aromatic heterocycles. The second-order valence-corrected chi connectivity index (χ2v) is 6.72. The number of rotatable bonds is 14. The van der Waals surface area contributed by atoms with Crippen molar-refractivity contribution < 1.29 is 19.8 Å². The molecule has 1 rings (SSSR count). The fourth-order valence-corrected chi connectivity index (χ4v) is 2.99. The Morgan fingerprint density at radius 2 is 1.92 bits per heavy atom. The Morgan fingerprint density at radius 1 is 1.21 bits per heavy atom. The predicted molar refractivity (Wildman–Crippen MR) is 94.7 cm³/mol. The van der Waals surface area contributed by atoms with Gasteiger partial charge in [-0.2, -0.15) is 0 Å². The number of aliphatic hydroxyl groups is 1. The molecule has 24 heavy (non-hydrogen) atoms. The lowest BCUT2D eigenvalue weighted by Gasteiger charge is -2.39. The molecular weight excluding hydrogens is 306 g/mol. The first-order valence-corrected chi connectivity index (χ1v) is 9.42. The van der Waals surface area contributed by atoms with Gasteiger partial charge in [0, 0.05) is 13.0 Å². The molecule has 0 aliphatic carbocycles. The van der Waals surface area contributed by atoms with Gasteiger partial charge in [-0.05, 0) is 19.3 Å². The normalized spacial score (nSPS) is 18.8. The van der Waals surface area contributed by atoms with E-state index in [1.807, 2.05) is 17.1 Å². The van der Waals surface area contributed by atoms with E-state index in [0.29, 0.717) is 12.8 Å². The Morgan fingerprint density at radius 3 is 2.58 bits per heavy atom. The Labute approximate surface area is 145 Å². The molecule has 5 nitrogen and oxygen atoms in total. The number of aliphatic carboxylic acids is 1. The van der Waals surface area contributed by atoms with Crippen molar-refractivity contribution in [3.63, 3.8) is 0 Å². The molecule has 0 radical (unpaired) electrons. The first-order valence-electron chi connectivity index (χ1n) is 9.42. The molecule has 2 unspecified atom stereocenters. The van der Waals surface area contributed by atoms with E-state index in [1.165, 1.54) is 12.8 Å². The number of likely N-dealkylation sites (tertiary alicyclic amines) is 1. The SMILES string of the molecule is CCCCCCC(O)/C=C/C1CC(=O)N1CCCCCCC(=O)O. The van der Waals surface area contributed by atoms with Gasteiger partial charge in [-0.3, -0.25) is 9.59 Å². The van der Waals surface area contributed by atoms with Crippen LogP contribution in [0, 0.1) is 0 Å². The standard InChI is InChI=1S/C19H33NO4/c1-2-3-4-7-10-17(21)13-12-16-15-18(22)20(16)14-9-6-5-8-11-19(23)24/h12-13,16-17,21H,2-11,14-15H2,1H3,(H,23,24)/b13-12+. The van der Waals surface area contributed by atoms with Crippen LogP contribution in [0.2, 0.25) is 0 Å². The summed E-state index contributed by atoms with van der Waals surface area (Å²) in [6, 6.07) is 0.127. The number of β-lactam (4-membered cyclic amide) rings is 1. The number of aliphatic hydroxyl groups excluding tert-OH is 1. The van der Waals surface area contributed by atoms with Gasteiger partial charge < -0.3 is 15.1 Å². The fourth-order valence-electron chi connectivity index (χ4n) is 2.99. The minimum Gasteiger partial charge on any atom is -0.481 e. The van der Waals surface area contributed by atoms with Crippen molar-refractivity contribution in [1.82, 2.24) is 4.90 Å². The van der Waals surface area contributed by atoms with Gasteiger partial charge in [0.1, 0.15) is 0 Å². The maximum absolute atomic E-state index is 11.7. The Hall–Kier alpha value is -1.36. The third-order valence-corrected chi connectivity index (χ3v) is 4.55. The van der Waals surface area contributed by atoms with Gasteiger partial charge >= 0.3 is 5.97 Å². The molecule has 1 saturated heterocycles. The molecule has 5 heteroatoms. The molecule has 1 aliphatic heterocycles.